The standard InChI is InChI=1S/C15H21N3O2S/c1-10-9-21-11(16-10)8-18-13(20)15(6-4-5-7-15)17-12(19)14(18,2)3/h9H,4-8H2,1-3H3,(H,17,19). The minimum atomic E-state index is -0.829. The lowest BCUT2D eigenvalue weighted by atomic mass is 9.86. The third-order valence-electron chi connectivity index (χ3n) is 4.65. The first-order valence-corrected chi connectivity index (χ1v) is 8.29. The maximum atomic E-state index is 13.0. The van der Waals surface area contributed by atoms with Crippen LogP contribution in [0.2, 0.25) is 0 Å². The summed E-state index contributed by atoms with van der Waals surface area (Å²) in [7, 11) is 0. The van der Waals surface area contributed by atoms with Crippen molar-refractivity contribution in [1.82, 2.24) is 15.2 Å². The third-order valence-corrected chi connectivity index (χ3v) is 5.61. The summed E-state index contributed by atoms with van der Waals surface area (Å²) in [5.41, 5.74) is -0.541. The molecule has 0 unspecified atom stereocenters. The number of hydrogen-bond acceptors (Lipinski definition) is 4. The van der Waals surface area contributed by atoms with Crippen LogP contribution in [0.1, 0.15) is 50.2 Å². The fourth-order valence-electron chi connectivity index (χ4n) is 3.26. The fourth-order valence-corrected chi connectivity index (χ4v) is 4.02. The third kappa shape index (κ3) is 2.25. The van der Waals surface area contributed by atoms with E-state index in [1.54, 1.807) is 16.2 Å². The Morgan fingerprint density at radius 2 is 2.00 bits per heavy atom. The Bertz CT molecular complexity index is 587. The highest BCUT2D eigenvalue weighted by molar-refractivity contribution is 7.09. The van der Waals surface area contributed by atoms with E-state index in [1.807, 2.05) is 26.2 Å². The van der Waals surface area contributed by atoms with E-state index < -0.39 is 11.1 Å². The number of hydrogen-bond donors (Lipinski definition) is 1. The number of carbonyl (C=O) groups is 2. The Balaban J connectivity index is 1.93. The van der Waals surface area contributed by atoms with E-state index in [4.69, 9.17) is 0 Å². The number of carbonyl (C=O) groups excluding carboxylic acids is 2. The first kappa shape index (κ1) is 14.5. The number of thiazole rings is 1. The van der Waals surface area contributed by atoms with Gasteiger partial charge in [-0.15, -0.1) is 11.3 Å². The minimum Gasteiger partial charge on any atom is -0.340 e. The molecule has 0 atom stereocenters. The summed E-state index contributed by atoms with van der Waals surface area (Å²) in [5, 5.41) is 5.87. The van der Waals surface area contributed by atoms with Crippen LogP contribution in [-0.2, 0) is 16.1 Å². The zero-order chi connectivity index (χ0) is 15.3. The number of piperazine rings is 1. The van der Waals surface area contributed by atoms with Crippen molar-refractivity contribution in [2.45, 2.75) is 64.1 Å². The summed E-state index contributed by atoms with van der Waals surface area (Å²) < 4.78 is 0. The molecule has 1 saturated carbocycles. The van der Waals surface area contributed by atoms with Gasteiger partial charge in [-0.25, -0.2) is 4.98 Å². The van der Waals surface area contributed by atoms with Crippen LogP contribution in [0, 0.1) is 6.92 Å². The summed E-state index contributed by atoms with van der Waals surface area (Å²) in [6.07, 6.45) is 3.50. The number of aryl methyl sites for hydroxylation is 1. The number of amides is 2. The maximum Gasteiger partial charge on any atom is 0.249 e. The Hall–Kier alpha value is -1.43. The molecule has 5 nitrogen and oxygen atoms in total. The van der Waals surface area contributed by atoms with Crippen molar-refractivity contribution >= 4 is 23.2 Å². The molecule has 2 heterocycles. The molecular formula is C15H21N3O2S. The molecule has 1 aromatic rings. The van der Waals surface area contributed by atoms with Crippen molar-refractivity contribution in [2.75, 3.05) is 0 Å². The van der Waals surface area contributed by atoms with Gasteiger partial charge in [0.15, 0.2) is 0 Å². The predicted octanol–water partition coefficient (Wildman–Crippen LogP) is 2.00. The topological polar surface area (TPSA) is 62.3 Å². The van der Waals surface area contributed by atoms with Crippen molar-refractivity contribution < 1.29 is 9.59 Å². The van der Waals surface area contributed by atoms with Crippen molar-refractivity contribution in [3.8, 4) is 0 Å². The van der Waals surface area contributed by atoms with E-state index in [1.165, 1.54) is 0 Å². The molecule has 114 valence electrons. The predicted molar refractivity (Wildman–Crippen MR) is 80.8 cm³/mol. The van der Waals surface area contributed by atoms with Crippen molar-refractivity contribution in [1.29, 1.82) is 0 Å². The molecule has 1 aliphatic carbocycles. The van der Waals surface area contributed by atoms with Gasteiger partial charge in [-0.2, -0.15) is 0 Å². The summed E-state index contributed by atoms with van der Waals surface area (Å²) in [5.74, 6) is -0.00488. The molecule has 1 aromatic heterocycles. The van der Waals surface area contributed by atoms with Crippen molar-refractivity contribution in [3.63, 3.8) is 0 Å². The largest absolute Gasteiger partial charge is 0.340 e. The average molecular weight is 307 g/mol. The SMILES string of the molecule is Cc1csc(CN2C(=O)C3(CCCC3)NC(=O)C2(C)C)n1. The van der Waals surface area contributed by atoms with E-state index in [-0.39, 0.29) is 11.8 Å². The van der Waals surface area contributed by atoms with E-state index >= 15 is 0 Å². The highest BCUT2D eigenvalue weighted by Crippen LogP contribution is 2.38. The Morgan fingerprint density at radius 1 is 1.33 bits per heavy atom. The molecule has 0 radical (unpaired) electrons. The first-order valence-electron chi connectivity index (χ1n) is 7.41. The first-order chi connectivity index (χ1) is 9.85. The van der Waals surface area contributed by atoms with E-state index in [2.05, 4.69) is 10.3 Å². The van der Waals surface area contributed by atoms with Gasteiger partial charge in [0.25, 0.3) is 0 Å². The molecule has 1 spiro atoms. The molecule has 1 saturated heterocycles. The molecule has 1 aliphatic heterocycles. The van der Waals surface area contributed by atoms with Gasteiger partial charge in [-0.3, -0.25) is 9.59 Å². The van der Waals surface area contributed by atoms with Gasteiger partial charge < -0.3 is 10.2 Å². The van der Waals surface area contributed by atoms with Gasteiger partial charge in [0.05, 0.1) is 6.54 Å². The number of nitrogens with one attached hydrogen (secondary N) is 1. The summed E-state index contributed by atoms with van der Waals surface area (Å²) in [6.45, 7) is 5.97. The monoisotopic (exact) mass is 307 g/mol. The van der Waals surface area contributed by atoms with E-state index in [0.717, 1.165) is 36.4 Å². The number of aromatic nitrogens is 1. The fraction of sp³-hybridized carbons (Fsp3) is 0.667. The number of nitrogens with zero attached hydrogens (tertiary/aromatic N) is 2. The van der Waals surface area contributed by atoms with Crippen LogP contribution < -0.4 is 5.32 Å². The van der Waals surface area contributed by atoms with Crippen LogP contribution in [0.3, 0.4) is 0 Å². The zero-order valence-corrected chi connectivity index (χ0v) is 13.5. The lowest BCUT2D eigenvalue weighted by Gasteiger charge is -2.48. The van der Waals surface area contributed by atoms with Crippen molar-refractivity contribution in [2.24, 2.45) is 0 Å². The lowest BCUT2D eigenvalue weighted by Crippen LogP contribution is -2.73. The quantitative estimate of drug-likeness (QED) is 0.909. The zero-order valence-electron chi connectivity index (χ0n) is 12.7. The van der Waals surface area contributed by atoms with E-state index in [0.29, 0.717) is 6.54 Å². The normalized spacial score (nSPS) is 23.7. The number of rotatable bonds is 2. The second-order valence-corrected chi connectivity index (χ2v) is 7.52. The van der Waals surface area contributed by atoms with E-state index in [9.17, 15) is 9.59 Å². The summed E-state index contributed by atoms with van der Waals surface area (Å²) in [6, 6.07) is 0. The van der Waals surface area contributed by atoms with Crippen LogP contribution >= 0.6 is 11.3 Å². The van der Waals surface area contributed by atoms with Crippen LogP contribution in [0.25, 0.3) is 0 Å². The minimum absolute atomic E-state index is 0.0532. The van der Waals surface area contributed by atoms with Crippen molar-refractivity contribution in [3.05, 3.63) is 16.1 Å². The highest BCUT2D eigenvalue weighted by atomic mass is 32.1. The molecule has 6 heteroatoms. The van der Waals surface area contributed by atoms with Crippen LogP contribution in [-0.4, -0.2) is 32.8 Å². The van der Waals surface area contributed by atoms with Gasteiger partial charge in [0.1, 0.15) is 16.1 Å². The Kier molecular flexibility index (Phi) is 3.31. The van der Waals surface area contributed by atoms with Gasteiger partial charge in [-0.05, 0) is 33.6 Å². The molecule has 2 fully saturated rings. The highest BCUT2D eigenvalue weighted by Gasteiger charge is 2.55. The molecule has 2 amide bonds. The van der Waals surface area contributed by atoms with Gasteiger partial charge in [0.2, 0.25) is 11.8 Å². The smallest absolute Gasteiger partial charge is 0.249 e. The molecule has 0 aromatic carbocycles. The maximum absolute atomic E-state index is 13.0. The molecule has 1 N–H and O–H groups in total. The molecule has 3 rings (SSSR count). The molecule has 21 heavy (non-hydrogen) atoms. The Morgan fingerprint density at radius 3 is 2.57 bits per heavy atom. The molecule has 2 aliphatic rings. The van der Waals surface area contributed by atoms with Gasteiger partial charge in [-0.1, -0.05) is 12.8 Å². The second kappa shape index (κ2) is 4.80. The van der Waals surface area contributed by atoms with Gasteiger partial charge >= 0.3 is 0 Å². The summed E-state index contributed by atoms with van der Waals surface area (Å²) >= 11 is 1.54. The van der Waals surface area contributed by atoms with Crippen LogP contribution in [0.15, 0.2) is 5.38 Å². The molecule has 0 bridgehead atoms. The summed E-state index contributed by atoms with van der Waals surface area (Å²) in [4.78, 5) is 31.7. The Labute approximate surface area is 128 Å². The van der Waals surface area contributed by atoms with Gasteiger partial charge in [0, 0.05) is 11.1 Å². The average Bonchev–Trinajstić information content (AvgIpc) is 3.03. The van der Waals surface area contributed by atoms with Crippen LogP contribution in [0.4, 0.5) is 0 Å². The molecular weight excluding hydrogens is 286 g/mol. The second-order valence-electron chi connectivity index (χ2n) is 6.58. The lowest BCUT2D eigenvalue weighted by molar-refractivity contribution is -0.161. The van der Waals surface area contributed by atoms with Crippen LogP contribution in [0.5, 0.6) is 0 Å².